The summed E-state index contributed by atoms with van der Waals surface area (Å²) in [6.07, 6.45) is -4.48. The Labute approximate surface area is 216 Å². The van der Waals surface area contributed by atoms with Gasteiger partial charge in [0.25, 0.3) is 5.91 Å². The predicted molar refractivity (Wildman–Crippen MR) is 138 cm³/mol. The molecule has 1 aliphatic rings. The molecular formula is C28H20BrF3N2O2. The quantitative estimate of drug-likeness (QED) is 0.260. The van der Waals surface area contributed by atoms with Gasteiger partial charge in [0.05, 0.1) is 12.1 Å². The number of hydrogen-bond acceptors (Lipinski definition) is 2. The van der Waals surface area contributed by atoms with Crippen molar-refractivity contribution in [2.75, 3.05) is 4.90 Å². The van der Waals surface area contributed by atoms with Crippen molar-refractivity contribution >= 4 is 34.4 Å². The fraction of sp³-hybridized carbons (Fsp3) is 0.0714. The van der Waals surface area contributed by atoms with Crippen LogP contribution in [0.1, 0.15) is 27.0 Å². The first kappa shape index (κ1) is 25.2. The van der Waals surface area contributed by atoms with Crippen molar-refractivity contribution in [1.82, 2.24) is 0 Å². The minimum atomic E-state index is -4.48. The number of benzene rings is 4. The van der Waals surface area contributed by atoms with Crippen LogP contribution in [0.5, 0.6) is 11.5 Å². The number of amides is 1. The maximum Gasteiger partial charge on any atom is 0.416 e. The van der Waals surface area contributed by atoms with E-state index in [2.05, 4.69) is 4.99 Å². The number of fused-ring (bicyclic) bond motifs is 1. The lowest BCUT2D eigenvalue weighted by atomic mass is 10.1. The lowest BCUT2D eigenvalue weighted by Crippen LogP contribution is -2.25. The Balaban J connectivity index is 0.00000304. The molecule has 1 amide bonds. The summed E-state index contributed by atoms with van der Waals surface area (Å²) in [5, 5.41) is 0. The molecular weight excluding hydrogens is 533 g/mol. The van der Waals surface area contributed by atoms with Gasteiger partial charge in [0.15, 0.2) is 0 Å². The fourth-order valence-corrected chi connectivity index (χ4v) is 3.93. The molecule has 4 aromatic rings. The molecule has 0 N–H and O–H groups in total. The molecule has 1 aliphatic heterocycles. The third-order valence-electron chi connectivity index (χ3n) is 5.59. The maximum atomic E-state index is 13.3. The van der Waals surface area contributed by atoms with E-state index in [1.165, 1.54) is 6.07 Å². The summed E-state index contributed by atoms with van der Waals surface area (Å²) in [6, 6.07) is 28.2. The minimum Gasteiger partial charge on any atom is -0.457 e. The molecule has 8 heteroatoms. The molecule has 4 nitrogen and oxygen atoms in total. The first-order chi connectivity index (χ1) is 16.9. The molecule has 1 heterocycles. The monoisotopic (exact) mass is 552 g/mol. The molecule has 0 spiro atoms. The standard InChI is InChI=1S/C28H19F3N2O2.BrH/c29-28(30,31)21-10-7-11-22(17-21)33-18-20-8-4-5-15-25(20)26(33)32-27(34)19-9-6-14-24(16-19)35-23-12-2-1-3-13-23;/h1-17H,18H2;1H. The molecule has 5 rings (SSSR count). The average Bonchev–Trinajstić information content (AvgIpc) is 3.23. The van der Waals surface area contributed by atoms with Crippen molar-refractivity contribution in [2.24, 2.45) is 4.99 Å². The van der Waals surface area contributed by atoms with Gasteiger partial charge in [-0.15, -0.1) is 17.0 Å². The molecule has 0 unspecified atom stereocenters. The number of nitrogens with zero attached hydrogens (tertiary/aromatic N) is 2. The maximum absolute atomic E-state index is 13.3. The topological polar surface area (TPSA) is 41.9 Å². The normalized spacial score (nSPS) is 13.8. The molecule has 0 aromatic heterocycles. The zero-order valence-electron chi connectivity index (χ0n) is 18.8. The van der Waals surface area contributed by atoms with Gasteiger partial charge in [0.2, 0.25) is 0 Å². The molecule has 0 aliphatic carbocycles. The summed E-state index contributed by atoms with van der Waals surface area (Å²) < 4.78 is 45.8. The largest absolute Gasteiger partial charge is 0.457 e. The number of aliphatic imine (C=N–C) groups is 1. The number of anilines is 1. The highest BCUT2D eigenvalue weighted by Crippen LogP contribution is 2.35. The van der Waals surface area contributed by atoms with Gasteiger partial charge in [-0.1, -0.05) is 54.6 Å². The van der Waals surface area contributed by atoms with Crippen molar-refractivity contribution in [1.29, 1.82) is 0 Å². The fourth-order valence-electron chi connectivity index (χ4n) is 3.93. The Hall–Kier alpha value is -3.91. The highest BCUT2D eigenvalue weighted by molar-refractivity contribution is 8.93. The van der Waals surface area contributed by atoms with Gasteiger partial charge in [-0.2, -0.15) is 18.2 Å². The summed E-state index contributed by atoms with van der Waals surface area (Å²) >= 11 is 0. The van der Waals surface area contributed by atoms with Gasteiger partial charge in [-0.25, -0.2) is 0 Å². The number of ether oxygens (including phenoxy) is 1. The van der Waals surface area contributed by atoms with Crippen LogP contribution in [0, 0.1) is 0 Å². The summed E-state index contributed by atoms with van der Waals surface area (Å²) in [6.45, 7) is 0.306. The van der Waals surface area contributed by atoms with E-state index in [-0.39, 0.29) is 17.0 Å². The van der Waals surface area contributed by atoms with E-state index >= 15 is 0 Å². The summed E-state index contributed by atoms with van der Waals surface area (Å²) in [5.41, 5.74) is 1.43. The van der Waals surface area contributed by atoms with E-state index < -0.39 is 17.6 Å². The molecule has 36 heavy (non-hydrogen) atoms. The zero-order chi connectivity index (χ0) is 24.4. The number of halogens is 4. The van der Waals surface area contributed by atoms with E-state index in [0.717, 1.165) is 17.7 Å². The lowest BCUT2D eigenvalue weighted by Gasteiger charge is -2.20. The molecule has 0 saturated heterocycles. The van der Waals surface area contributed by atoms with Crippen molar-refractivity contribution in [3.8, 4) is 11.5 Å². The summed E-state index contributed by atoms with van der Waals surface area (Å²) in [5.74, 6) is 0.888. The number of rotatable bonds is 4. The van der Waals surface area contributed by atoms with Gasteiger partial charge >= 0.3 is 6.18 Å². The van der Waals surface area contributed by atoms with Crippen LogP contribution in [0.2, 0.25) is 0 Å². The Morgan fingerprint density at radius 1 is 0.806 bits per heavy atom. The number of carbonyl (C=O) groups excluding carboxylic acids is 1. The van der Waals surface area contributed by atoms with Crippen LogP contribution < -0.4 is 9.64 Å². The van der Waals surface area contributed by atoms with Crippen LogP contribution >= 0.6 is 17.0 Å². The second kappa shape index (κ2) is 10.4. The first-order valence-corrected chi connectivity index (χ1v) is 10.9. The van der Waals surface area contributed by atoms with Crippen molar-refractivity contribution in [3.05, 3.63) is 125 Å². The molecule has 182 valence electrons. The van der Waals surface area contributed by atoms with Crippen LogP contribution in [0.25, 0.3) is 0 Å². The molecule has 4 aromatic carbocycles. The Bertz CT molecular complexity index is 1420. The molecule has 0 bridgehead atoms. The summed E-state index contributed by atoms with van der Waals surface area (Å²) in [7, 11) is 0. The second-order valence-corrected chi connectivity index (χ2v) is 7.97. The summed E-state index contributed by atoms with van der Waals surface area (Å²) in [4.78, 5) is 19.1. The van der Waals surface area contributed by atoms with Crippen LogP contribution in [-0.2, 0) is 12.7 Å². The van der Waals surface area contributed by atoms with E-state index in [1.807, 2.05) is 42.5 Å². The third kappa shape index (κ3) is 5.33. The van der Waals surface area contributed by atoms with E-state index in [1.54, 1.807) is 47.4 Å². The Morgan fingerprint density at radius 2 is 1.50 bits per heavy atom. The van der Waals surface area contributed by atoms with Crippen LogP contribution in [-0.4, -0.2) is 11.7 Å². The second-order valence-electron chi connectivity index (χ2n) is 7.97. The Kier molecular flexibility index (Phi) is 7.26. The molecule has 0 saturated carbocycles. The van der Waals surface area contributed by atoms with Crippen molar-refractivity contribution in [3.63, 3.8) is 0 Å². The zero-order valence-corrected chi connectivity index (χ0v) is 20.5. The highest BCUT2D eigenvalue weighted by atomic mass is 79.9. The lowest BCUT2D eigenvalue weighted by molar-refractivity contribution is -0.137. The van der Waals surface area contributed by atoms with Crippen LogP contribution in [0.3, 0.4) is 0 Å². The van der Waals surface area contributed by atoms with Crippen molar-refractivity contribution < 1.29 is 22.7 Å². The van der Waals surface area contributed by atoms with Gasteiger partial charge in [-0.05, 0) is 54.1 Å². The van der Waals surface area contributed by atoms with Gasteiger partial charge in [-0.3, -0.25) is 4.79 Å². The van der Waals surface area contributed by atoms with E-state index in [0.29, 0.717) is 40.7 Å². The number of amidine groups is 1. The SMILES string of the molecule is Br.O=C(N=C1c2ccccc2CN1c1cccc(C(F)(F)F)c1)c1cccc(Oc2ccccc2)c1. The predicted octanol–water partition coefficient (Wildman–Crippen LogP) is 7.68. The smallest absolute Gasteiger partial charge is 0.416 e. The average molecular weight is 553 g/mol. The van der Waals surface area contributed by atoms with E-state index in [9.17, 15) is 18.0 Å². The Morgan fingerprint density at radius 3 is 2.28 bits per heavy atom. The number of para-hydroxylation sites is 1. The number of carbonyl (C=O) groups is 1. The minimum absolute atomic E-state index is 0. The molecule has 0 radical (unpaired) electrons. The first-order valence-electron chi connectivity index (χ1n) is 10.9. The van der Waals surface area contributed by atoms with Crippen LogP contribution in [0.4, 0.5) is 18.9 Å². The third-order valence-corrected chi connectivity index (χ3v) is 5.59. The molecule has 0 fully saturated rings. The highest BCUT2D eigenvalue weighted by Gasteiger charge is 2.33. The van der Waals surface area contributed by atoms with E-state index in [4.69, 9.17) is 4.74 Å². The molecule has 0 atom stereocenters. The number of hydrogen-bond donors (Lipinski definition) is 0. The van der Waals surface area contributed by atoms with Crippen molar-refractivity contribution in [2.45, 2.75) is 12.7 Å². The van der Waals surface area contributed by atoms with Gasteiger partial charge < -0.3 is 9.64 Å². The van der Waals surface area contributed by atoms with Crippen LogP contribution in [0.15, 0.2) is 108 Å². The number of alkyl halides is 3. The van der Waals surface area contributed by atoms with Gasteiger partial charge in [0, 0.05) is 16.8 Å². The van der Waals surface area contributed by atoms with Gasteiger partial charge in [0.1, 0.15) is 17.3 Å².